The number of amides is 1. The molecule has 0 aliphatic rings. The standard InChI is InChI=1S/C16H13FN2O4/c1-18-16(21)14-10-6-12(20)11(19-22)7-13(10)23-15(14)8-2-4-9(17)5-3-8/h2-7,19-20,22H,1H3,(H,18,21)/p+1. The van der Waals surface area contributed by atoms with E-state index in [0.717, 1.165) is 5.48 Å². The Morgan fingerprint density at radius 1 is 1.26 bits per heavy atom. The molecule has 0 saturated carbocycles. The van der Waals surface area contributed by atoms with Gasteiger partial charge in [-0.2, -0.15) is 5.48 Å². The number of hydrogen-bond donors (Lipinski definition) is 4. The van der Waals surface area contributed by atoms with Crippen LogP contribution >= 0.6 is 0 Å². The predicted octanol–water partition coefficient (Wildman–Crippen LogP) is 1.89. The highest BCUT2D eigenvalue weighted by atomic mass is 19.1. The normalized spacial score (nSPS) is 10.9. The number of furan rings is 1. The Morgan fingerprint density at radius 3 is 2.57 bits per heavy atom. The van der Waals surface area contributed by atoms with Gasteiger partial charge >= 0.3 is 0 Å². The Balaban J connectivity index is 2.31. The van der Waals surface area contributed by atoms with E-state index in [9.17, 15) is 14.3 Å². The maximum atomic E-state index is 13.1. The highest BCUT2D eigenvalue weighted by molar-refractivity contribution is 6.11. The Labute approximate surface area is 130 Å². The zero-order valence-corrected chi connectivity index (χ0v) is 12.1. The molecule has 1 aromatic heterocycles. The Bertz CT molecular complexity index is 887. The molecule has 2 aromatic carbocycles. The smallest absolute Gasteiger partial charge is 0.255 e. The first-order chi connectivity index (χ1) is 11.0. The summed E-state index contributed by atoms with van der Waals surface area (Å²) in [5.74, 6) is -0.727. The van der Waals surface area contributed by atoms with Crippen molar-refractivity contribution in [3.8, 4) is 17.1 Å². The summed E-state index contributed by atoms with van der Waals surface area (Å²) in [5, 5.41) is 21.9. The van der Waals surface area contributed by atoms with Crippen LogP contribution in [0.25, 0.3) is 22.3 Å². The number of fused-ring (bicyclic) bond motifs is 1. The summed E-state index contributed by atoms with van der Waals surface area (Å²) >= 11 is 0. The van der Waals surface area contributed by atoms with Crippen LogP contribution in [0.2, 0.25) is 0 Å². The molecule has 0 atom stereocenters. The summed E-state index contributed by atoms with van der Waals surface area (Å²) in [6.07, 6.45) is 0. The van der Waals surface area contributed by atoms with E-state index >= 15 is 0 Å². The molecule has 0 aliphatic carbocycles. The number of carbonyl (C=O) groups is 1. The van der Waals surface area contributed by atoms with E-state index in [0.29, 0.717) is 16.5 Å². The quantitative estimate of drug-likeness (QED) is 0.337. The number of nitrogens with one attached hydrogen (secondary N) is 1. The van der Waals surface area contributed by atoms with Crippen molar-refractivity contribution in [2.45, 2.75) is 0 Å². The summed E-state index contributed by atoms with van der Waals surface area (Å²) in [5.41, 5.74) is 1.99. The molecular formula is C16H14FN2O4+. The van der Waals surface area contributed by atoms with Crippen LogP contribution in [0.15, 0.2) is 40.8 Å². The highest BCUT2D eigenvalue weighted by Crippen LogP contribution is 2.37. The lowest BCUT2D eigenvalue weighted by Gasteiger charge is -2.02. The first-order valence-electron chi connectivity index (χ1n) is 6.80. The maximum Gasteiger partial charge on any atom is 0.255 e. The molecule has 3 aromatic rings. The van der Waals surface area contributed by atoms with Gasteiger partial charge in [0, 0.05) is 24.1 Å². The number of hydrogen-bond acceptors (Lipinski definition) is 4. The summed E-state index contributed by atoms with van der Waals surface area (Å²) in [7, 11) is 1.48. The molecule has 0 fully saturated rings. The third-order valence-corrected chi connectivity index (χ3v) is 3.54. The van der Waals surface area contributed by atoms with Crippen molar-refractivity contribution < 1.29 is 29.4 Å². The second-order valence-corrected chi connectivity index (χ2v) is 4.93. The van der Waals surface area contributed by atoms with Crippen molar-refractivity contribution in [1.82, 2.24) is 5.32 Å². The highest BCUT2D eigenvalue weighted by Gasteiger charge is 2.23. The van der Waals surface area contributed by atoms with Gasteiger partial charge in [0.1, 0.15) is 17.2 Å². The van der Waals surface area contributed by atoms with Crippen LogP contribution in [-0.2, 0) is 0 Å². The molecule has 0 bridgehead atoms. The van der Waals surface area contributed by atoms with Crippen molar-refractivity contribution >= 4 is 22.6 Å². The number of benzene rings is 2. The fraction of sp³-hybridized carbons (Fsp3) is 0.0625. The van der Waals surface area contributed by atoms with Crippen LogP contribution in [0, 0.1) is 5.82 Å². The van der Waals surface area contributed by atoms with Gasteiger partial charge in [-0.25, -0.2) is 9.60 Å². The molecule has 0 unspecified atom stereocenters. The summed E-state index contributed by atoms with van der Waals surface area (Å²) in [6, 6.07) is 8.29. The number of phenolic OH excluding ortho intramolecular Hbond substituents is 1. The van der Waals surface area contributed by atoms with Crippen molar-refractivity contribution in [1.29, 1.82) is 0 Å². The van der Waals surface area contributed by atoms with E-state index in [2.05, 4.69) is 5.32 Å². The molecule has 3 rings (SSSR count). The molecule has 0 saturated heterocycles. The van der Waals surface area contributed by atoms with Gasteiger partial charge in [-0.3, -0.25) is 4.79 Å². The lowest BCUT2D eigenvalue weighted by Crippen LogP contribution is -2.73. The Kier molecular flexibility index (Phi) is 3.73. The van der Waals surface area contributed by atoms with Gasteiger partial charge < -0.3 is 14.8 Å². The lowest BCUT2D eigenvalue weighted by atomic mass is 10.0. The van der Waals surface area contributed by atoms with Crippen LogP contribution in [-0.4, -0.2) is 23.3 Å². The number of nitrogens with two attached hydrogens (primary N) is 1. The van der Waals surface area contributed by atoms with Crippen molar-refractivity contribution in [2.24, 2.45) is 0 Å². The van der Waals surface area contributed by atoms with Crippen molar-refractivity contribution in [3.05, 3.63) is 47.8 Å². The van der Waals surface area contributed by atoms with Gasteiger partial charge in [0.05, 0.1) is 5.56 Å². The number of rotatable bonds is 3. The SMILES string of the molecule is CNC(=O)c1c(-c2ccc(F)cc2)oc2cc([NH2+]O)c(O)cc12. The maximum absolute atomic E-state index is 13.1. The average molecular weight is 317 g/mol. The van der Waals surface area contributed by atoms with E-state index in [1.165, 1.54) is 43.4 Å². The second kappa shape index (κ2) is 5.71. The zero-order valence-electron chi connectivity index (χ0n) is 12.1. The fourth-order valence-corrected chi connectivity index (χ4v) is 2.41. The van der Waals surface area contributed by atoms with Crippen LogP contribution in [0.3, 0.4) is 0 Å². The second-order valence-electron chi connectivity index (χ2n) is 4.93. The van der Waals surface area contributed by atoms with Crippen LogP contribution < -0.4 is 10.8 Å². The average Bonchev–Trinajstić information content (AvgIpc) is 2.92. The Morgan fingerprint density at radius 2 is 1.96 bits per heavy atom. The molecular weight excluding hydrogens is 303 g/mol. The molecule has 6 nitrogen and oxygen atoms in total. The molecule has 0 spiro atoms. The van der Waals surface area contributed by atoms with Crippen LogP contribution in [0.4, 0.5) is 10.1 Å². The van der Waals surface area contributed by atoms with Gasteiger partial charge in [0.15, 0.2) is 5.75 Å². The zero-order chi connectivity index (χ0) is 16.6. The van der Waals surface area contributed by atoms with Crippen molar-refractivity contribution in [3.63, 3.8) is 0 Å². The minimum absolute atomic E-state index is 0.167. The van der Waals surface area contributed by atoms with E-state index in [1.54, 1.807) is 0 Å². The molecule has 0 radical (unpaired) electrons. The summed E-state index contributed by atoms with van der Waals surface area (Å²) in [4.78, 5) is 12.2. The van der Waals surface area contributed by atoms with Crippen molar-refractivity contribution in [2.75, 3.05) is 7.05 Å². The summed E-state index contributed by atoms with van der Waals surface area (Å²) < 4.78 is 18.8. The lowest BCUT2D eigenvalue weighted by molar-refractivity contribution is -0.825. The molecule has 23 heavy (non-hydrogen) atoms. The number of carbonyl (C=O) groups excluding carboxylic acids is 1. The van der Waals surface area contributed by atoms with Crippen LogP contribution in [0.1, 0.15) is 10.4 Å². The third-order valence-electron chi connectivity index (χ3n) is 3.54. The van der Waals surface area contributed by atoms with Gasteiger partial charge in [0.25, 0.3) is 5.91 Å². The van der Waals surface area contributed by atoms with E-state index in [4.69, 9.17) is 9.62 Å². The van der Waals surface area contributed by atoms with Crippen LogP contribution in [0.5, 0.6) is 5.75 Å². The van der Waals surface area contributed by atoms with Gasteiger partial charge in [-0.05, 0) is 30.3 Å². The van der Waals surface area contributed by atoms with E-state index in [-0.39, 0.29) is 22.8 Å². The Hall–Kier alpha value is -2.90. The van der Waals surface area contributed by atoms with E-state index in [1.807, 2.05) is 0 Å². The number of quaternary nitrogens is 1. The minimum atomic E-state index is -0.402. The number of phenols is 1. The van der Waals surface area contributed by atoms with E-state index < -0.39 is 11.7 Å². The van der Waals surface area contributed by atoms with Gasteiger partial charge in [-0.1, -0.05) is 0 Å². The molecule has 0 aliphatic heterocycles. The van der Waals surface area contributed by atoms with Gasteiger partial charge in [-0.15, -0.1) is 0 Å². The number of aromatic hydroxyl groups is 1. The molecule has 5 N–H and O–H groups in total. The fourth-order valence-electron chi connectivity index (χ4n) is 2.41. The first kappa shape index (κ1) is 15.0. The third kappa shape index (κ3) is 2.52. The predicted molar refractivity (Wildman–Crippen MR) is 80.0 cm³/mol. The molecule has 118 valence electrons. The monoisotopic (exact) mass is 317 g/mol. The minimum Gasteiger partial charge on any atom is -0.503 e. The summed E-state index contributed by atoms with van der Waals surface area (Å²) in [6.45, 7) is 0. The number of halogens is 1. The topological polar surface area (TPSA) is 99.3 Å². The molecule has 1 amide bonds. The molecule has 1 heterocycles. The largest absolute Gasteiger partial charge is 0.503 e. The molecule has 7 heteroatoms. The first-order valence-corrected chi connectivity index (χ1v) is 6.80. The van der Waals surface area contributed by atoms with Gasteiger partial charge in [0.2, 0.25) is 5.69 Å².